The number of carbonyl (C=O) groups is 2. The topological polar surface area (TPSA) is 85.2 Å². The molecule has 6 heteroatoms. The fourth-order valence-corrected chi connectivity index (χ4v) is 2.86. The summed E-state index contributed by atoms with van der Waals surface area (Å²) in [4.78, 5) is 24.0. The molecule has 0 aliphatic heterocycles. The highest BCUT2D eigenvalue weighted by Crippen LogP contribution is 2.32. The molecule has 0 aromatic heterocycles. The summed E-state index contributed by atoms with van der Waals surface area (Å²) in [5, 5.41) is 12.3. The van der Waals surface area contributed by atoms with E-state index in [4.69, 9.17) is 14.7 Å². The molecule has 0 amide bonds. The van der Waals surface area contributed by atoms with E-state index in [1.54, 1.807) is 48.5 Å². The third kappa shape index (κ3) is 4.08. The summed E-state index contributed by atoms with van der Waals surface area (Å²) >= 11 is 0. The molecular formula is C20H19NO5. The lowest BCUT2D eigenvalue weighted by Gasteiger charge is -2.36. The lowest BCUT2D eigenvalue weighted by atomic mass is 9.72. The van der Waals surface area contributed by atoms with Gasteiger partial charge in [-0.25, -0.2) is 9.59 Å². The van der Waals surface area contributed by atoms with Crippen molar-refractivity contribution < 1.29 is 24.3 Å². The van der Waals surface area contributed by atoms with E-state index in [1.807, 2.05) is 12.1 Å². The Labute approximate surface area is 151 Å². The zero-order valence-electron chi connectivity index (χ0n) is 14.1. The Morgan fingerprint density at radius 3 is 1.88 bits per heavy atom. The number of esters is 2. The van der Waals surface area contributed by atoms with Crippen LogP contribution in [0, 0.1) is 11.8 Å². The van der Waals surface area contributed by atoms with Crippen LogP contribution in [0.25, 0.3) is 0 Å². The lowest BCUT2D eigenvalue weighted by molar-refractivity contribution is 0.0240. The van der Waals surface area contributed by atoms with E-state index in [-0.39, 0.29) is 25.0 Å². The molecule has 134 valence electrons. The van der Waals surface area contributed by atoms with Crippen molar-refractivity contribution in [1.82, 2.24) is 0 Å². The molecule has 0 spiro atoms. The molecule has 0 saturated heterocycles. The number of benzene rings is 2. The van der Waals surface area contributed by atoms with Gasteiger partial charge in [0.15, 0.2) is 0 Å². The minimum atomic E-state index is -0.435. The van der Waals surface area contributed by atoms with Crippen molar-refractivity contribution in [3.63, 3.8) is 0 Å². The number of hydrogen-bond acceptors (Lipinski definition) is 6. The summed E-state index contributed by atoms with van der Waals surface area (Å²) in [6, 6.07) is 17.4. The average molecular weight is 353 g/mol. The van der Waals surface area contributed by atoms with E-state index in [2.05, 4.69) is 5.16 Å². The van der Waals surface area contributed by atoms with Crippen LogP contribution in [-0.4, -0.2) is 36.1 Å². The Hall–Kier alpha value is -3.15. The van der Waals surface area contributed by atoms with Gasteiger partial charge in [0.1, 0.15) is 6.61 Å². The van der Waals surface area contributed by atoms with Crippen molar-refractivity contribution in [2.45, 2.75) is 6.42 Å². The van der Waals surface area contributed by atoms with Crippen LogP contribution in [0.3, 0.4) is 0 Å². The lowest BCUT2D eigenvalue weighted by Crippen LogP contribution is -2.43. The van der Waals surface area contributed by atoms with Crippen molar-refractivity contribution in [3.05, 3.63) is 71.8 Å². The molecule has 0 heterocycles. The van der Waals surface area contributed by atoms with Crippen molar-refractivity contribution in [3.8, 4) is 0 Å². The summed E-state index contributed by atoms with van der Waals surface area (Å²) in [6.07, 6.45) is 0.506. The molecule has 0 unspecified atom stereocenters. The quantitative estimate of drug-likeness (QED) is 0.490. The second kappa shape index (κ2) is 8.29. The Balaban J connectivity index is 1.52. The number of oxime groups is 1. The normalized spacial score (nSPS) is 20.2. The predicted octanol–water partition coefficient (Wildman–Crippen LogP) is 3.17. The summed E-state index contributed by atoms with van der Waals surface area (Å²) in [7, 11) is 0. The summed E-state index contributed by atoms with van der Waals surface area (Å²) in [6.45, 7) is 0.265. The van der Waals surface area contributed by atoms with Gasteiger partial charge in [-0.05, 0) is 30.7 Å². The van der Waals surface area contributed by atoms with Crippen LogP contribution in [-0.2, 0) is 9.47 Å². The summed E-state index contributed by atoms with van der Waals surface area (Å²) in [5.41, 5.74) is 1.49. The van der Waals surface area contributed by atoms with Crippen LogP contribution in [0.4, 0.5) is 0 Å². The minimum Gasteiger partial charge on any atom is -0.462 e. The van der Waals surface area contributed by atoms with Crippen LogP contribution >= 0.6 is 0 Å². The van der Waals surface area contributed by atoms with Gasteiger partial charge in [0, 0.05) is 11.8 Å². The van der Waals surface area contributed by atoms with Gasteiger partial charge in [-0.2, -0.15) is 0 Å². The predicted molar refractivity (Wildman–Crippen MR) is 94.3 cm³/mol. The first-order chi connectivity index (χ1) is 12.7. The molecule has 2 aromatic rings. The highest BCUT2D eigenvalue weighted by Gasteiger charge is 2.40. The highest BCUT2D eigenvalue weighted by molar-refractivity contribution is 5.94. The van der Waals surface area contributed by atoms with Crippen LogP contribution in [0.1, 0.15) is 27.1 Å². The van der Waals surface area contributed by atoms with Crippen LogP contribution in [0.15, 0.2) is 65.8 Å². The number of rotatable bonds is 6. The van der Waals surface area contributed by atoms with Crippen molar-refractivity contribution in [2.24, 2.45) is 17.0 Å². The molecule has 26 heavy (non-hydrogen) atoms. The number of carbonyl (C=O) groups excluding carboxylic acids is 2. The average Bonchev–Trinajstić information content (AvgIpc) is 2.68. The largest absolute Gasteiger partial charge is 0.462 e. The Morgan fingerprint density at radius 1 is 0.885 bits per heavy atom. The molecule has 0 bridgehead atoms. The Morgan fingerprint density at radius 2 is 1.38 bits per heavy atom. The monoisotopic (exact) mass is 353 g/mol. The molecule has 1 N–H and O–H groups in total. The molecule has 1 aliphatic carbocycles. The van der Waals surface area contributed by atoms with E-state index < -0.39 is 11.9 Å². The van der Waals surface area contributed by atoms with Gasteiger partial charge in [-0.1, -0.05) is 41.6 Å². The van der Waals surface area contributed by atoms with Crippen LogP contribution < -0.4 is 0 Å². The van der Waals surface area contributed by atoms with Crippen molar-refractivity contribution >= 4 is 17.7 Å². The molecule has 1 saturated carbocycles. The van der Waals surface area contributed by atoms with Gasteiger partial charge in [0.2, 0.25) is 0 Å². The molecule has 0 radical (unpaired) electrons. The third-order valence-corrected chi connectivity index (χ3v) is 4.44. The first kappa shape index (κ1) is 17.7. The maximum atomic E-state index is 12.0. The van der Waals surface area contributed by atoms with Gasteiger partial charge in [-0.3, -0.25) is 0 Å². The molecule has 6 nitrogen and oxygen atoms in total. The van der Waals surface area contributed by atoms with Gasteiger partial charge in [0.25, 0.3) is 0 Å². The summed E-state index contributed by atoms with van der Waals surface area (Å²) in [5.74, 6) is -1.14. The van der Waals surface area contributed by atoms with E-state index in [0.29, 0.717) is 23.3 Å². The van der Waals surface area contributed by atoms with Crippen LogP contribution in [0.5, 0.6) is 0 Å². The molecule has 2 aromatic carbocycles. The number of hydrogen-bond donors (Lipinski definition) is 1. The van der Waals surface area contributed by atoms with Gasteiger partial charge in [0.05, 0.1) is 23.4 Å². The Bertz CT molecular complexity index is 788. The highest BCUT2D eigenvalue weighted by atomic mass is 16.5. The fraction of sp³-hybridized carbons (Fsp3) is 0.250. The molecule has 1 fully saturated rings. The van der Waals surface area contributed by atoms with E-state index >= 15 is 0 Å². The third-order valence-electron chi connectivity index (χ3n) is 4.44. The van der Waals surface area contributed by atoms with Crippen LogP contribution in [0.2, 0.25) is 0 Å². The zero-order chi connectivity index (χ0) is 18.4. The maximum Gasteiger partial charge on any atom is 0.338 e. The van der Waals surface area contributed by atoms with Gasteiger partial charge in [-0.15, -0.1) is 0 Å². The summed E-state index contributed by atoms with van der Waals surface area (Å²) < 4.78 is 10.6. The molecular weight excluding hydrogens is 334 g/mol. The minimum absolute atomic E-state index is 0.0443. The maximum absolute atomic E-state index is 12.0. The number of nitrogens with zero attached hydrogens (tertiary/aromatic N) is 1. The second-order valence-corrected chi connectivity index (χ2v) is 6.09. The van der Waals surface area contributed by atoms with Gasteiger partial charge >= 0.3 is 11.9 Å². The fourth-order valence-electron chi connectivity index (χ4n) is 2.86. The van der Waals surface area contributed by atoms with Crippen molar-refractivity contribution in [1.29, 1.82) is 0 Å². The first-order valence-electron chi connectivity index (χ1n) is 8.34. The smallest absolute Gasteiger partial charge is 0.338 e. The van der Waals surface area contributed by atoms with E-state index in [0.717, 1.165) is 0 Å². The van der Waals surface area contributed by atoms with Crippen molar-refractivity contribution in [2.75, 3.05) is 13.2 Å². The van der Waals surface area contributed by atoms with E-state index in [9.17, 15) is 9.59 Å². The SMILES string of the molecule is O=C(OC[C@@H]1CC(=NO)[C@H]1COC(=O)c1ccccc1)c1ccccc1. The Kier molecular flexibility index (Phi) is 5.63. The zero-order valence-corrected chi connectivity index (χ0v) is 14.1. The molecule has 1 aliphatic rings. The van der Waals surface area contributed by atoms with Gasteiger partial charge < -0.3 is 14.7 Å². The van der Waals surface area contributed by atoms with E-state index in [1.165, 1.54) is 0 Å². The molecule has 2 atom stereocenters. The molecule has 3 rings (SSSR count). The standard InChI is InChI=1S/C20H19NO5/c22-19(14-7-3-1-4-8-14)25-12-16-11-18(21-24)17(16)13-26-20(23)15-9-5-2-6-10-15/h1-10,16-17,24H,11-13H2/t16-,17-/m0/s1. The second-order valence-electron chi connectivity index (χ2n) is 6.09. The number of ether oxygens (including phenoxy) is 2. The first-order valence-corrected chi connectivity index (χ1v) is 8.34.